The maximum atomic E-state index is 12.7. The summed E-state index contributed by atoms with van der Waals surface area (Å²) < 4.78 is 10.8. The number of carbonyl (C=O) groups is 1. The van der Waals surface area contributed by atoms with E-state index in [2.05, 4.69) is 22.3 Å². The van der Waals surface area contributed by atoms with E-state index in [4.69, 9.17) is 9.47 Å². The predicted molar refractivity (Wildman–Crippen MR) is 111 cm³/mol. The average Bonchev–Trinajstić information content (AvgIpc) is 2.74. The summed E-state index contributed by atoms with van der Waals surface area (Å²) in [4.78, 5) is 15.0. The Kier molecular flexibility index (Phi) is 6.93. The van der Waals surface area contributed by atoms with Crippen molar-refractivity contribution in [2.75, 3.05) is 27.3 Å². The zero-order valence-electron chi connectivity index (χ0n) is 17.0. The van der Waals surface area contributed by atoms with Crippen molar-refractivity contribution in [1.82, 2.24) is 10.2 Å². The van der Waals surface area contributed by atoms with Gasteiger partial charge in [-0.05, 0) is 56.6 Å². The van der Waals surface area contributed by atoms with Gasteiger partial charge in [-0.3, -0.25) is 9.69 Å². The van der Waals surface area contributed by atoms with E-state index >= 15 is 0 Å². The second-order valence-electron chi connectivity index (χ2n) is 7.37. The van der Waals surface area contributed by atoms with Crippen LogP contribution in [0.4, 0.5) is 0 Å². The van der Waals surface area contributed by atoms with Gasteiger partial charge in [-0.15, -0.1) is 0 Å². The maximum Gasteiger partial charge on any atom is 0.223 e. The number of piperidine rings is 1. The Morgan fingerprint density at radius 3 is 2.46 bits per heavy atom. The molecule has 5 nitrogen and oxygen atoms in total. The lowest BCUT2D eigenvalue weighted by atomic mass is 9.94. The average molecular weight is 383 g/mol. The summed E-state index contributed by atoms with van der Waals surface area (Å²) in [5.74, 6) is 1.95. The Morgan fingerprint density at radius 1 is 1.11 bits per heavy atom. The van der Waals surface area contributed by atoms with E-state index in [-0.39, 0.29) is 17.9 Å². The van der Waals surface area contributed by atoms with Crippen LogP contribution in [0.2, 0.25) is 0 Å². The molecule has 0 aromatic heterocycles. The van der Waals surface area contributed by atoms with Gasteiger partial charge in [0.15, 0.2) is 0 Å². The van der Waals surface area contributed by atoms with Crippen molar-refractivity contribution in [3.8, 4) is 11.5 Å². The summed E-state index contributed by atoms with van der Waals surface area (Å²) in [6, 6.07) is 16.0. The maximum absolute atomic E-state index is 12.7. The highest BCUT2D eigenvalue weighted by atomic mass is 16.5. The molecule has 1 N–H and O–H groups in total. The van der Waals surface area contributed by atoms with Gasteiger partial charge in [-0.1, -0.05) is 30.3 Å². The smallest absolute Gasteiger partial charge is 0.223 e. The summed E-state index contributed by atoms with van der Waals surface area (Å²) in [7, 11) is 3.36. The molecule has 1 saturated heterocycles. The molecule has 1 aliphatic heterocycles. The Morgan fingerprint density at radius 2 is 1.82 bits per heavy atom. The molecule has 1 aliphatic rings. The van der Waals surface area contributed by atoms with Crippen LogP contribution in [0, 0.1) is 5.92 Å². The highest BCUT2D eigenvalue weighted by molar-refractivity contribution is 5.79. The first-order valence-corrected chi connectivity index (χ1v) is 9.89. The first-order chi connectivity index (χ1) is 13.6. The highest BCUT2D eigenvalue weighted by Gasteiger charge is 2.26. The minimum Gasteiger partial charge on any atom is -0.497 e. The third-order valence-corrected chi connectivity index (χ3v) is 5.50. The molecule has 1 unspecified atom stereocenters. The molecule has 0 saturated carbocycles. The molecular formula is C23H30N2O3. The van der Waals surface area contributed by atoms with Gasteiger partial charge < -0.3 is 14.8 Å². The minimum absolute atomic E-state index is 0.0350. The number of ether oxygens (including phenoxy) is 2. The summed E-state index contributed by atoms with van der Waals surface area (Å²) in [5, 5.41) is 3.17. The van der Waals surface area contributed by atoms with Gasteiger partial charge >= 0.3 is 0 Å². The number of amides is 1. The molecule has 1 heterocycles. The minimum atomic E-state index is 0.0350. The van der Waals surface area contributed by atoms with Crippen molar-refractivity contribution in [2.24, 2.45) is 5.92 Å². The number of carbonyl (C=O) groups excluding carboxylic acids is 1. The molecule has 0 bridgehead atoms. The van der Waals surface area contributed by atoms with E-state index in [1.807, 2.05) is 43.3 Å². The van der Waals surface area contributed by atoms with Gasteiger partial charge in [0.25, 0.3) is 0 Å². The zero-order chi connectivity index (χ0) is 19.9. The monoisotopic (exact) mass is 382 g/mol. The fraction of sp³-hybridized carbons (Fsp3) is 0.435. The standard InChI is InChI=1S/C23H30N2O3/c1-17(18-7-5-4-6-8-18)24-23(26)19-11-13-25(14-12-19)16-20-15-21(27-2)9-10-22(20)28-3/h4-10,15,17,19H,11-14,16H2,1-3H3,(H,24,26). The predicted octanol–water partition coefficient (Wildman–Crippen LogP) is 3.79. The molecule has 28 heavy (non-hydrogen) atoms. The van der Waals surface area contributed by atoms with Crippen LogP contribution in [-0.2, 0) is 11.3 Å². The SMILES string of the molecule is COc1ccc(OC)c(CN2CCC(C(=O)NC(C)c3ccccc3)CC2)c1. The topological polar surface area (TPSA) is 50.8 Å². The first kappa shape index (κ1) is 20.2. The molecule has 0 radical (unpaired) electrons. The number of nitrogens with zero attached hydrogens (tertiary/aromatic N) is 1. The fourth-order valence-corrected chi connectivity index (χ4v) is 3.76. The number of likely N-dealkylation sites (tertiary alicyclic amines) is 1. The van der Waals surface area contributed by atoms with E-state index in [1.165, 1.54) is 0 Å². The Hall–Kier alpha value is -2.53. The molecule has 2 aromatic rings. The zero-order valence-corrected chi connectivity index (χ0v) is 17.0. The molecular weight excluding hydrogens is 352 g/mol. The third-order valence-electron chi connectivity index (χ3n) is 5.50. The summed E-state index contributed by atoms with van der Waals surface area (Å²) in [6.45, 7) is 4.64. The number of benzene rings is 2. The molecule has 0 aliphatic carbocycles. The fourth-order valence-electron chi connectivity index (χ4n) is 3.76. The number of methoxy groups -OCH3 is 2. The summed E-state index contributed by atoms with van der Waals surface area (Å²) >= 11 is 0. The first-order valence-electron chi connectivity index (χ1n) is 9.89. The number of hydrogen-bond donors (Lipinski definition) is 1. The van der Waals surface area contributed by atoms with Crippen LogP contribution in [0.25, 0.3) is 0 Å². The van der Waals surface area contributed by atoms with Crippen LogP contribution < -0.4 is 14.8 Å². The Bertz CT molecular complexity index is 771. The molecule has 3 rings (SSSR count). The van der Waals surface area contributed by atoms with Crippen LogP contribution in [0.5, 0.6) is 11.5 Å². The lowest BCUT2D eigenvalue weighted by Gasteiger charge is -2.32. The Balaban J connectivity index is 1.52. The van der Waals surface area contributed by atoms with Crippen LogP contribution in [-0.4, -0.2) is 38.1 Å². The van der Waals surface area contributed by atoms with Gasteiger partial charge in [-0.25, -0.2) is 0 Å². The quantitative estimate of drug-likeness (QED) is 0.792. The van der Waals surface area contributed by atoms with E-state index in [1.54, 1.807) is 14.2 Å². The summed E-state index contributed by atoms with van der Waals surface area (Å²) in [5.41, 5.74) is 2.25. The van der Waals surface area contributed by atoms with E-state index in [0.717, 1.165) is 55.1 Å². The normalized spacial score (nSPS) is 16.4. The Labute approximate surface area is 167 Å². The van der Waals surface area contributed by atoms with Crippen LogP contribution in [0.3, 0.4) is 0 Å². The van der Waals surface area contributed by atoms with Crippen LogP contribution in [0.1, 0.15) is 36.9 Å². The van der Waals surface area contributed by atoms with Crippen molar-refractivity contribution in [3.63, 3.8) is 0 Å². The molecule has 1 amide bonds. The van der Waals surface area contributed by atoms with Crippen LogP contribution in [0.15, 0.2) is 48.5 Å². The van der Waals surface area contributed by atoms with Gasteiger partial charge in [0.2, 0.25) is 5.91 Å². The molecule has 0 spiro atoms. The molecule has 2 aromatic carbocycles. The van der Waals surface area contributed by atoms with E-state index in [9.17, 15) is 4.79 Å². The van der Waals surface area contributed by atoms with Gasteiger partial charge in [0.05, 0.1) is 20.3 Å². The van der Waals surface area contributed by atoms with Crippen LogP contribution >= 0.6 is 0 Å². The second-order valence-corrected chi connectivity index (χ2v) is 7.37. The van der Waals surface area contributed by atoms with Gasteiger partial charge in [0.1, 0.15) is 11.5 Å². The third kappa shape index (κ3) is 5.04. The van der Waals surface area contributed by atoms with E-state index < -0.39 is 0 Å². The molecule has 1 fully saturated rings. The second kappa shape index (κ2) is 9.60. The molecule has 150 valence electrons. The molecule has 5 heteroatoms. The van der Waals surface area contributed by atoms with Crippen molar-refractivity contribution < 1.29 is 14.3 Å². The van der Waals surface area contributed by atoms with Gasteiger partial charge in [0, 0.05) is 18.0 Å². The number of rotatable bonds is 7. The van der Waals surface area contributed by atoms with Gasteiger partial charge in [-0.2, -0.15) is 0 Å². The lowest BCUT2D eigenvalue weighted by molar-refractivity contribution is -0.127. The number of nitrogens with one attached hydrogen (secondary N) is 1. The van der Waals surface area contributed by atoms with E-state index in [0.29, 0.717) is 0 Å². The molecule has 1 atom stereocenters. The largest absolute Gasteiger partial charge is 0.497 e. The highest BCUT2D eigenvalue weighted by Crippen LogP contribution is 2.27. The van der Waals surface area contributed by atoms with Crippen molar-refractivity contribution in [3.05, 3.63) is 59.7 Å². The van der Waals surface area contributed by atoms with Crippen molar-refractivity contribution in [1.29, 1.82) is 0 Å². The summed E-state index contributed by atoms with van der Waals surface area (Å²) in [6.07, 6.45) is 1.75. The van der Waals surface area contributed by atoms with Crippen molar-refractivity contribution in [2.45, 2.75) is 32.4 Å². The van der Waals surface area contributed by atoms with Crippen molar-refractivity contribution >= 4 is 5.91 Å². The number of hydrogen-bond acceptors (Lipinski definition) is 4. The lowest BCUT2D eigenvalue weighted by Crippen LogP contribution is -2.40.